The summed E-state index contributed by atoms with van der Waals surface area (Å²) in [5.74, 6) is 0. The Bertz CT molecular complexity index is 548. The number of fused-ring (bicyclic) bond motifs is 1. The van der Waals surface area contributed by atoms with Gasteiger partial charge in [-0.3, -0.25) is 4.79 Å². The van der Waals surface area contributed by atoms with E-state index in [1.165, 1.54) is 6.20 Å². The maximum absolute atomic E-state index is 11.7. The molecule has 0 aliphatic heterocycles. The molecule has 1 aromatic carbocycles. The van der Waals surface area contributed by atoms with E-state index in [9.17, 15) is 4.79 Å². The minimum absolute atomic E-state index is 0.0623. The van der Waals surface area contributed by atoms with E-state index >= 15 is 0 Å². The van der Waals surface area contributed by atoms with E-state index in [4.69, 9.17) is 5.11 Å². The zero-order valence-electron chi connectivity index (χ0n) is 9.67. The van der Waals surface area contributed by atoms with Crippen molar-refractivity contribution in [2.75, 3.05) is 6.61 Å². The van der Waals surface area contributed by atoms with E-state index in [0.29, 0.717) is 6.54 Å². The maximum atomic E-state index is 11.7. The van der Waals surface area contributed by atoms with E-state index in [-0.39, 0.29) is 12.2 Å². The molecule has 0 unspecified atom stereocenters. The minimum atomic E-state index is -0.0623. The lowest BCUT2D eigenvalue weighted by Crippen LogP contribution is -2.20. The highest BCUT2D eigenvalue weighted by Crippen LogP contribution is 2.09. The van der Waals surface area contributed by atoms with Gasteiger partial charge in [0.15, 0.2) is 0 Å². The molecular weight excluding hydrogens is 216 g/mol. The summed E-state index contributed by atoms with van der Waals surface area (Å²) in [5, 5.41) is 8.71. The van der Waals surface area contributed by atoms with Crippen molar-refractivity contribution in [3.63, 3.8) is 0 Å². The molecule has 4 nitrogen and oxygen atoms in total. The van der Waals surface area contributed by atoms with Crippen LogP contribution in [0.15, 0.2) is 35.3 Å². The van der Waals surface area contributed by atoms with Gasteiger partial charge >= 0.3 is 0 Å². The maximum Gasteiger partial charge on any atom is 0.269 e. The van der Waals surface area contributed by atoms with Crippen molar-refractivity contribution < 1.29 is 5.11 Å². The van der Waals surface area contributed by atoms with Gasteiger partial charge in [-0.2, -0.15) is 0 Å². The van der Waals surface area contributed by atoms with E-state index in [2.05, 4.69) is 4.98 Å². The van der Waals surface area contributed by atoms with Crippen molar-refractivity contribution in [2.45, 2.75) is 25.8 Å². The normalized spacial score (nSPS) is 10.9. The summed E-state index contributed by atoms with van der Waals surface area (Å²) in [6.07, 6.45) is 3.99. The fourth-order valence-electron chi connectivity index (χ4n) is 1.90. The van der Waals surface area contributed by atoms with Gasteiger partial charge in [-0.15, -0.1) is 0 Å². The van der Waals surface area contributed by atoms with Crippen LogP contribution in [0.2, 0.25) is 0 Å². The van der Waals surface area contributed by atoms with Gasteiger partial charge in [0.1, 0.15) is 0 Å². The van der Waals surface area contributed by atoms with Crippen molar-refractivity contribution in [1.82, 2.24) is 9.55 Å². The molecule has 4 heteroatoms. The average Bonchev–Trinajstić information content (AvgIpc) is 2.37. The number of hydrogen-bond acceptors (Lipinski definition) is 3. The number of hydrogen-bond donors (Lipinski definition) is 1. The Hall–Kier alpha value is -1.68. The first-order valence-electron chi connectivity index (χ1n) is 5.88. The first kappa shape index (κ1) is 11.8. The van der Waals surface area contributed by atoms with E-state index < -0.39 is 0 Å². The Labute approximate surface area is 99.5 Å². The molecule has 0 aliphatic carbocycles. The molecule has 0 atom stereocenters. The number of aryl methyl sites for hydroxylation is 1. The summed E-state index contributed by atoms with van der Waals surface area (Å²) < 4.78 is 1.75. The Morgan fingerprint density at radius 3 is 2.82 bits per heavy atom. The van der Waals surface area contributed by atoms with Crippen LogP contribution in [0.1, 0.15) is 19.3 Å². The molecule has 2 aromatic rings. The molecule has 17 heavy (non-hydrogen) atoms. The molecule has 0 spiro atoms. The third-order valence-electron chi connectivity index (χ3n) is 2.79. The lowest BCUT2D eigenvalue weighted by Gasteiger charge is -2.08. The molecule has 0 saturated carbocycles. The summed E-state index contributed by atoms with van der Waals surface area (Å²) in [4.78, 5) is 15.9. The highest BCUT2D eigenvalue weighted by Gasteiger charge is 2.02. The first-order valence-corrected chi connectivity index (χ1v) is 5.88. The average molecular weight is 232 g/mol. The number of benzene rings is 1. The van der Waals surface area contributed by atoms with Crippen molar-refractivity contribution >= 4 is 11.0 Å². The van der Waals surface area contributed by atoms with Crippen LogP contribution in [-0.2, 0) is 6.54 Å². The fraction of sp³-hybridized carbons (Fsp3) is 0.385. The van der Waals surface area contributed by atoms with Crippen molar-refractivity contribution in [1.29, 1.82) is 0 Å². The number of para-hydroxylation sites is 2. The number of aliphatic hydroxyl groups excluding tert-OH is 1. The van der Waals surface area contributed by atoms with Crippen LogP contribution in [0.3, 0.4) is 0 Å². The topological polar surface area (TPSA) is 55.1 Å². The first-order chi connectivity index (χ1) is 8.33. The van der Waals surface area contributed by atoms with Crippen LogP contribution in [0.4, 0.5) is 0 Å². The molecule has 1 N–H and O–H groups in total. The quantitative estimate of drug-likeness (QED) is 0.796. The van der Waals surface area contributed by atoms with Gasteiger partial charge in [-0.1, -0.05) is 12.1 Å². The Balaban J connectivity index is 2.25. The SMILES string of the molecule is O=c1cnc2ccccc2n1CCCCCO. The number of nitrogens with zero attached hydrogens (tertiary/aromatic N) is 2. The summed E-state index contributed by atoms with van der Waals surface area (Å²) in [6.45, 7) is 0.897. The molecule has 0 amide bonds. The molecule has 1 aromatic heterocycles. The van der Waals surface area contributed by atoms with E-state index in [1.807, 2.05) is 24.3 Å². The van der Waals surface area contributed by atoms with Gasteiger partial charge in [0.05, 0.1) is 17.2 Å². The third-order valence-corrected chi connectivity index (χ3v) is 2.79. The van der Waals surface area contributed by atoms with Crippen molar-refractivity contribution in [2.24, 2.45) is 0 Å². The van der Waals surface area contributed by atoms with Gasteiger partial charge in [0, 0.05) is 13.2 Å². The lowest BCUT2D eigenvalue weighted by molar-refractivity contribution is 0.282. The number of aromatic nitrogens is 2. The molecule has 0 fully saturated rings. The third kappa shape index (κ3) is 2.71. The van der Waals surface area contributed by atoms with Crippen molar-refractivity contribution in [3.05, 3.63) is 40.8 Å². The van der Waals surface area contributed by atoms with Crippen LogP contribution < -0.4 is 5.56 Å². The smallest absolute Gasteiger partial charge is 0.269 e. The number of unbranched alkanes of at least 4 members (excludes halogenated alkanes) is 2. The van der Waals surface area contributed by atoms with Crippen LogP contribution in [0.5, 0.6) is 0 Å². The zero-order chi connectivity index (χ0) is 12.1. The Morgan fingerprint density at radius 1 is 1.18 bits per heavy atom. The standard InChI is InChI=1S/C13H16N2O2/c16-9-5-1-4-8-15-12-7-3-2-6-11(12)14-10-13(15)17/h2-3,6-7,10,16H,1,4-5,8-9H2. The molecular formula is C13H16N2O2. The van der Waals surface area contributed by atoms with Gasteiger partial charge < -0.3 is 9.67 Å². The molecule has 0 radical (unpaired) electrons. The van der Waals surface area contributed by atoms with Crippen LogP contribution in [0.25, 0.3) is 11.0 Å². The molecule has 0 bridgehead atoms. The second-order valence-corrected chi connectivity index (χ2v) is 4.02. The number of rotatable bonds is 5. The van der Waals surface area contributed by atoms with Crippen molar-refractivity contribution in [3.8, 4) is 0 Å². The summed E-state index contributed by atoms with van der Waals surface area (Å²) in [6, 6.07) is 7.64. The summed E-state index contributed by atoms with van der Waals surface area (Å²) >= 11 is 0. The van der Waals surface area contributed by atoms with Gasteiger partial charge in [-0.05, 0) is 31.4 Å². The second kappa shape index (κ2) is 5.59. The molecule has 0 aliphatic rings. The molecule has 2 rings (SSSR count). The highest BCUT2D eigenvalue weighted by molar-refractivity contribution is 5.74. The highest BCUT2D eigenvalue weighted by atomic mass is 16.2. The van der Waals surface area contributed by atoms with Crippen LogP contribution in [0, 0.1) is 0 Å². The van der Waals surface area contributed by atoms with Gasteiger partial charge in [-0.25, -0.2) is 4.98 Å². The van der Waals surface area contributed by atoms with E-state index in [0.717, 1.165) is 30.3 Å². The monoisotopic (exact) mass is 232 g/mol. The predicted octanol–water partition coefficient (Wildman–Crippen LogP) is 1.56. The Morgan fingerprint density at radius 2 is 2.00 bits per heavy atom. The van der Waals surface area contributed by atoms with Crippen LogP contribution >= 0.6 is 0 Å². The van der Waals surface area contributed by atoms with Gasteiger partial charge in [0.25, 0.3) is 5.56 Å². The van der Waals surface area contributed by atoms with Crippen LogP contribution in [-0.4, -0.2) is 21.3 Å². The minimum Gasteiger partial charge on any atom is -0.396 e. The molecule has 90 valence electrons. The zero-order valence-corrected chi connectivity index (χ0v) is 9.67. The second-order valence-electron chi connectivity index (χ2n) is 4.02. The largest absolute Gasteiger partial charge is 0.396 e. The lowest BCUT2D eigenvalue weighted by atomic mass is 10.2. The van der Waals surface area contributed by atoms with E-state index in [1.54, 1.807) is 4.57 Å². The fourth-order valence-corrected chi connectivity index (χ4v) is 1.90. The summed E-state index contributed by atoms with van der Waals surface area (Å²) in [5.41, 5.74) is 1.66. The molecule has 0 saturated heterocycles. The van der Waals surface area contributed by atoms with Gasteiger partial charge in [0.2, 0.25) is 0 Å². The number of aliphatic hydroxyl groups is 1. The summed E-state index contributed by atoms with van der Waals surface area (Å²) in [7, 11) is 0. The Kier molecular flexibility index (Phi) is 3.88. The molecule has 1 heterocycles. The predicted molar refractivity (Wildman–Crippen MR) is 66.9 cm³/mol.